The summed E-state index contributed by atoms with van der Waals surface area (Å²) in [4.78, 5) is 11.6. The van der Waals surface area contributed by atoms with Crippen LogP contribution in [0.3, 0.4) is 0 Å². The van der Waals surface area contributed by atoms with Gasteiger partial charge in [0.1, 0.15) is 0 Å². The molecule has 0 bridgehead atoms. The third kappa shape index (κ3) is 2.02. The van der Waals surface area contributed by atoms with Crippen molar-refractivity contribution in [3.63, 3.8) is 0 Å². The van der Waals surface area contributed by atoms with Crippen molar-refractivity contribution in [1.82, 2.24) is 5.32 Å². The van der Waals surface area contributed by atoms with Gasteiger partial charge in [-0.3, -0.25) is 4.79 Å². The molecule has 0 aromatic carbocycles. The summed E-state index contributed by atoms with van der Waals surface area (Å²) in [5, 5.41) is 3.08. The summed E-state index contributed by atoms with van der Waals surface area (Å²) >= 11 is 0. The smallest absolute Gasteiger partial charge is 0.223 e. The molecular formula is C10H18N2O. The zero-order chi connectivity index (χ0) is 9.26. The molecule has 3 N–H and O–H groups in total. The summed E-state index contributed by atoms with van der Waals surface area (Å²) in [5.41, 5.74) is 5.76. The molecule has 0 aromatic heterocycles. The molecule has 3 heteroatoms. The minimum absolute atomic E-state index is 0.204. The Morgan fingerprint density at radius 3 is 2.46 bits per heavy atom. The molecule has 2 rings (SSSR count). The summed E-state index contributed by atoms with van der Waals surface area (Å²) < 4.78 is 0. The van der Waals surface area contributed by atoms with Gasteiger partial charge in [0.05, 0.1) is 0 Å². The molecule has 0 aromatic rings. The molecule has 0 radical (unpaired) electrons. The van der Waals surface area contributed by atoms with Crippen LogP contribution >= 0.6 is 0 Å². The fourth-order valence-corrected chi connectivity index (χ4v) is 2.13. The van der Waals surface area contributed by atoms with Gasteiger partial charge in [0.2, 0.25) is 5.91 Å². The van der Waals surface area contributed by atoms with E-state index < -0.39 is 0 Å². The highest BCUT2D eigenvalue weighted by Crippen LogP contribution is 2.25. The number of carbonyl (C=O) groups excluding carboxylic acids is 1. The third-order valence-corrected chi connectivity index (χ3v) is 3.30. The number of nitrogens with two attached hydrogens (primary N) is 1. The van der Waals surface area contributed by atoms with Gasteiger partial charge in [-0.2, -0.15) is 0 Å². The number of rotatable bonds is 2. The van der Waals surface area contributed by atoms with E-state index >= 15 is 0 Å². The lowest BCUT2D eigenvalue weighted by molar-refractivity contribution is -0.126. The highest BCUT2D eigenvalue weighted by atomic mass is 16.1. The van der Waals surface area contributed by atoms with Gasteiger partial charge in [-0.1, -0.05) is 0 Å². The van der Waals surface area contributed by atoms with Gasteiger partial charge in [0.25, 0.3) is 0 Å². The van der Waals surface area contributed by atoms with Crippen LogP contribution in [-0.2, 0) is 4.79 Å². The van der Waals surface area contributed by atoms with Crippen LogP contribution in [0, 0.1) is 5.92 Å². The van der Waals surface area contributed by atoms with Crippen LogP contribution < -0.4 is 11.1 Å². The molecule has 3 nitrogen and oxygen atoms in total. The standard InChI is InChI=1S/C10H18N2O/c11-8-5-4-7(6-8)10(13)12-9-2-1-3-9/h7-9H,1-6,11H2,(H,12,13). The molecule has 1 amide bonds. The van der Waals surface area contributed by atoms with Gasteiger partial charge in [0, 0.05) is 18.0 Å². The van der Waals surface area contributed by atoms with Gasteiger partial charge in [-0.15, -0.1) is 0 Å². The molecule has 2 unspecified atom stereocenters. The van der Waals surface area contributed by atoms with Gasteiger partial charge < -0.3 is 11.1 Å². The van der Waals surface area contributed by atoms with E-state index in [9.17, 15) is 4.79 Å². The van der Waals surface area contributed by atoms with Crippen molar-refractivity contribution < 1.29 is 4.79 Å². The number of hydrogen-bond donors (Lipinski definition) is 2. The Hall–Kier alpha value is -0.570. The molecule has 74 valence electrons. The van der Waals surface area contributed by atoms with Crippen molar-refractivity contribution in [3.8, 4) is 0 Å². The lowest BCUT2D eigenvalue weighted by atomic mass is 9.92. The van der Waals surface area contributed by atoms with Crippen molar-refractivity contribution in [2.24, 2.45) is 11.7 Å². The molecule has 2 saturated carbocycles. The number of carbonyl (C=O) groups is 1. The molecule has 2 atom stereocenters. The molecule has 13 heavy (non-hydrogen) atoms. The van der Waals surface area contributed by atoms with Crippen molar-refractivity contribution in [3.05, 3.63) is 0 Å². The zero-order valence-electron chi connectivity index (χ0n) is 7.96. The Balaban J connectivity index is 1.76. The van der Waals surface area contributed by atoms with Gasteiger partial charge >= 0.3 is 0 Å². The first-order valence-corrected chi connectivity index (χ1v) is 5.31. The molecule has 2 aliphatic rings. The minimum atomic E-state index is 0.204. The van der Waals surface area contributed by atoms with Crippen LogP contribution in [0.2, 0.25) is 0 Å². The Bertz CT molecular complexity index is 201. The average molecular weight is 182 g/mol. The Labute approximate surface area is 79.1 Å². The molecule has 0 spiro atoms. The lowest BCUT2D eigenvalue weighted by Crippen LogP contribution is -2.42. The second kappa shape index (κ2) is 3.66. The maximum absolute atomic E-state index is 11.6. The van der Waals surface area contributed by atoms with Gasteiger partial charge in [-0.05, 0) is 38.5 Å². The molecule has 0 aliphatic heterocycles. The quantitative estimate of drug-likeness (QED) is 0.663. The Morgan fingerprint density at radius 2 is 2.00 bits per heavy atom. The predicted octanol–water partition coefficient (Wildman–Crippen LogP) is 0.782. The molecular weight excluding hydrogens is 164 g/mol. The van der Waals surface area contributed by atoms with E-state index in [4.69, 9.17) is 5.73 Å². The summed E-state index contributed by atoms with van der Waals surface area (Å²) in [6.45, 7) is 0. The number of nitrogens with one attached hydrogen (secondary N) is 1. The fraction of sp³-hybridized carbons (Fsp3) is 0.900. The van der Waals surface area contributed by atoms with Crippen molar-refractivity contribution in [2.45, 2.75) is 50.6 Å². The van der Waals surface area contributed by atoms with Gasteiger partial charge in [0.15, 0.2) is 0 Å². The van der Waals surface area contributed by atoms with Crippen molar-refractivity contribution in [2.75, 3.05) is 0 Å². The largest absolute Gasteiger partial charge is 0.353 e. The predicted molar refractivity (Wildman–Crippen MR) is 51.1 cm³/mol. The highest BCUT2D eigenvalue weighted by Gasteiger charge is 2.30. The average Bonchev–Trinajstić information content (AvgIpc) is 2.44. The second-order valence-electron chi connectivity index (χ2n) is 4.41. The first-order valence-electron chi connectivity index (χ1n) is 5.31. The van der Waals surface area contributed by atoms with Crippen molar-refractivity contribution in [1.29, 1.82) is 0 Å². The van der Waals surface area contributed by atoms with Crippen molar-refractivity contribution >= 4 is 5.91 Å². The molecule has 2 aliphatic carbocycles. The van der Waals surface area contributed by atoms with E-state index in [-0.39, 0.29) is 17.9 Å². The first-order chi connectivity index (χ1) is 6.25. The maximum Gasteiger partial charge on any atom is 0.223 e. The minimum Gasteiger partial charge on any atom is -0.353 e. The highest BCUT2D eigenvalue weighted by molar-refractivity contribution is 5.79. The van der Waals surface area contributed by atoms with Crippen LogP contribution in [0.25, 0.3) is 0 Å². The van der Waals surface area contributed by atoms with Crippen LogP contribution in [0.4, 0.5) is 0 Å². The number of hydrogen-bond acceptors (Lipinski definition) is 2. The molecule has 0 saturated heterocycles. The summed E-state index contributed by atoms with van der Waals surface area (Å²) in [6, 6.07) is 0.737. The van der Waals surface area contributed by atoms with E-state index in [2.05, 4.69) is 5.32 Å². The summed E-state index contributed by atoms with van der Waals surface area (Å²) in [6.07, 6.45) is 6.51. The third-order valence-electron chi connectivity index (χ3n) is 3.30. The Morgan fingerprint density at radius 1 is 1.23 bits per heavy atom. The Kier molecular flexibility index (Phi) is 2.54. The fourth-order valence-electron chi connectivity index (χ4n) is 2.13. The van der Waals surface area contributed by atoms with E-state index in [1.54, 1.807) is 0 Å². The second-order valence-corrected chi connectivity index (χ2v) is 4.41. The molecule has 2 fully saturated rings. The SMILES string of the molecule is NC1CCC(C(=O)NC2CCC2)C1. The van der Waals surface area contributed by atoms with Crippen LogP contribution in [0.15, 0.2) is 0 Å². The topological polar surface area (TPSA) is 55.1 Å². The zero-order valence-corrected chi connectivity index (χ0v) is 7.96. The number of amides is 1. The maximum atomic E-state index is 11.6. The molecule has 0 heterocycles. The van der Waals surface area contributed by atoms with Crippen LogP contribution in [0.1, 0.15) is 38.5 Å². The lowest BCUT2D eigenvalue weighted by Gasteiger charge is -2.27. The van der Waals surface area contributed by atoms with Crippen LogP contribution in [0.5, 0.6) is 0 Å². The monoisotopic (exact) mass is 182 g/mol. The van der Waals surface area contributed by atoms with Crippen LogP contribution in [-0.4, -0.2) is 18.0 Å². The van der Waals surface area contributed by atoms with E-state index in [1.165, 1.54) is 19.3 Å². The summed E-state index contributed by atoms with van der Waals surface area (Å²) in [7, 11) is 0. The normalized spacial score (nSPS) is 34.2. The van der Waals surface area contributed by atoms with Gasteiger partial charge in [-0.25, -0.2) is 0 Å². The summed E-state index contributed by atoms with van der Waals surface area (Å²) in [5.74, 6) is 0.452. The van der Waals surface area contributed by atoms with E-state index in [1.807, 2.05) is 0 Å². The van der Waals surface area contributed by atoms with E-state index in [0.29, 0.717) is 6.04 Å². The first kappa shape index (κ1) is 9.00. The van der Waals surface area contributed by atoms with E-state index in [0.717, 1.165) is 19.3 Å².